The van der Waals surface area contributed by atoms with Gasteiger partial charge in [0, 0.05) is 27.2 Å². The molecular formula is C24H46N6O5. The summed E-state index contributed by atoms with van der Waals surface area (Å²) in [6, 6.07) is -0.850. The minimum absolute atomic E-state index is 0.0574. The predicted octanol–water partition coefficient (Wildman–Crippen LogP) is 0.917. The molecule has 1 amide bonds. The second-order valence-electron chi connectivity index (χ2n) is 9.58. The van der Waals surface area contributed by atoms with Gasteiger partial charge in [0.25, 0.3) is 0 Å². The zero-order valence-electron chi connectivity index (χ0n) is 22.0. The van der Waals surface area contributed by atoms with Crippen molar-refractivity contribution in [2.45, 2.75) is 83.9 Å². The van der Waals surface area contributed by atoms with E-state index in [0.29, 0.717) is 36.3 Å². The normalized spacial score (nSPS) is 25.7. The molecule has 0 aromatic carbocycles. The lowest BCUT2D eigenvalue weighted by Gasteiger charge is -2.42. The van der Waals surface area contributed by atoms with Gasteiger partial charge in [0.1, 0.15) is 24.3 Å². The van der Waals surface area contributed by atoms with Gasteiger partial charge in [-0.15, -0.1) is 0 Å². The van der Waals surface area contributed by atoms with Gasteiger partial charge in [-0.1, -0.05) is 6.42 Å². The number of aldehydes is 1. The number of esters is 1. The molecule has 11 heteroatoms. The van der Waals surface area contributed by atoms with Gasteiger partial charge in [0.05, 0.1) is 12.5 Å². The molecule has 0 aromatic heterocycles. The molecule has 2 rings (SSSR count). The lowest BCUT2D eigenvalue weighted by molar-refractivity contribution is -0.154. The third-order valence-electron chi connectivity index (χ3n) is 6.98. The van der Waals surface area contributed by atoms with E-state index in [1.54, 1.807) is 28.0 Å². The Balaban J connectivity index is 0.00000142. The Hall–Kier alpha value is -2.24. The van der Waals surface area contributed by atoms with Crippen molar-refractivity contribution in [2.24, 2.45) is 34.4 Å². The van der Waals surface area contributed by atoms with Crippen LogP contribution >= 0.6 is 0 Å². The van der Waals surface area contributed by atoms with Crippen LogP contribution in [0, 0.1) is 17.8 Å². The molecular weight excluding hydrogens is 452 g/mol. The quantitative estimate of drug-likeness (QED) is 0.0810. The lowest BCUT2D eigenvalue weighted by Crippen LogP contribution is -2.50. The SMILES string of the molecule is CC(CC(=O)N(C)C(C)C=O)OC(=O)C1CC2CC(CC/C(N)=N/NN)CCC2CN1.CCOC. The molecule has 2 fully saturated rings. The number of nitrogens with one attached hydrogen (secondary N) is 2. The monoisotopic (exact) mass is 498 g/mol. The van der Waals surface area contributed by atoms with Gasteiger partial charge >= 0.3 is 5.97 Å². The van der Waals surface area contributed by atoms with Gasteiger partial charge in [-0.25, -0.2) is 11.4 Å². The first-order chi connectivity index (χ1) is 16.7. The molecule has 2 aliphatic rings. The maximum atomic E-state index is 12.7. The van der Waals surface area contributed by atoms with E-state index in [1.165, 1.54) is 4.90 Å². The summed E-state index contributed by atoms with van der Waals surface area (Å²) >= 11 is 0. The van der Waals surface area contributed by atoms with Crippen molar-refractivity contribution < 1.29 is 23.9 Å². The van der Waals surface area contributed by atoms with E-state index in [1.807, 2.05) is 6.92 Å². The van der Waals surface area contributed by atoms with Crippen LogP contribution in [0.3, 0.4) is 0 Å². The van der Waals surface area contributed by atoms with E-state index in [9.17, 15) is 14.4 Å². The third kappa shape index (κ3) is 10.9. The Morgan fingerprint density at radius 3 is 2.54 bits per heavy atom. The molecule has 35 heavy (non-hydrogen) atoms. The molecule has 1 saturated heterocycles. The number of likely N-dealkylation sites (N-methyl/N-ethyl adjacent to an activating group) is 1. The number of amidine groups is 1. The predicted molar refractivity (Wildman–Crippen MR) is 135 cm³/mol. The summed E-state index contributed by atoms with van der Waals surface area (Å²) in [6.07, 6.45) is 6.02. The van der Waals surface area contributed by atoms with Crippen LogP contribution in [0.1, 0.15) is 65.7 Å². The number of nitrogens with two attached hydrogens (primary N) is 2. The smallest absolute Gasteiger partial charge is 0.323 e. The van der Waals surface area contributed by atoms with E-state index in [4.69, 9.17) is 16.3 Å². The van der Waals surface area contributed by atoms with E-state index in [2.05, 4.69) is 20.7 Å². The Bertz CT molecular complexity index is 689. The maximum absolute atomic E-state index is 12.7. The zero-order valence-corrected chi connectivity index (χ0v) is 22.0. The number of nitrogens with zero attached hydrogens (tertiary/aromatic N) is 2. The molecule has 6 atom stereocenters. The average Bonchev–Trinajstić information content (AvgIpc) is 2.86. The Kier molecular flexibility index (Phi) is 14.5. The van der Waals surface area contributed by atoms with Crippen LogP contribution in [-0.2, 0) is 23.9 Å². The van der Waals surface area contributed by atoms with Crippen molar-refractivity contribution in [3.05, 3.63) is 0 Å². The fourth-order valence-corrected chi connectivity index (χ4v) is 4.62. The fourth-order valence-electron chi connectivity index (χ4n) is 4.62. The van der Waals surface area contributed by atoms with Crippen molar-refractivity contribution in [1.29, 1.82) is 0 Å². The number of ether oxygens (including phenoxy) is 2. The van der Waals surface area contributed by atoms with Crippen LogP contribution in [0.15, 0.2) is 5.10 Å². The Morgan fingerprint density at radius 2 is 1.94 bits per heavy atom. The largest absolute Gasteiger partial charge is 0.461 e. The second kappa shape index (κ2) is 16.4. The maximum Gasteiger partial charge on any atom is 0.323 e. The Labute approximate surface area is 209 Å². The minimum Gasteiger partial charge on any atom is -0.461 e. The average molecular weight is 499 g/mol. The van der Waals surface area contributed by atoms with Crippen molar-refractivity contribution >= 4 is 24.0 Å². The van der Waals surface area contributed by atoms with Gasteiger partial charge in [0.15, 0.2) is 0 Å². The highest BCUT2D eigenvalue weighted by molar-refractivity contribution is 5.81. The topological polar surface area (TPSA) is 161 Å². The third-order valence-corrected chi connectivity index (χ3v) is 6.98. The van der Waals surface area contributed by atoms with Crippen LogP contribution in [0.2, 0.25) is 0 Å². The van der Waals surface area contributed by atoms with E-state index >= 15 is 0 Å². The second-order valence-corrected chi connectivity index (χ2v) is 9.58. The standard InChI is InChI=1S/C21H38N6O4.C3H8O/c1-13(12-28)27(3)20(29)8-14(2)31-21(30)18-10-17-9-15(4-6-16(17)11-24-18)5-7-19(22)25-26-23;1-3-4-2/h12-18,24,26H,4-11,23H2,1-3H3,(H2,22,25);3H2,1-2H3. The molecule has 0 radical (unpaired) electrons. The summed E-state index contributed by atoms with van der Waals surface area (Å²) in [5.74, 6) is 6.75. The van der Waals surface area contributed by atoms with Gasteiger partial charge in [-0.05, 0) is 70.8 Å². The lowest BCUT2D eigenvalue weighted by atomic mass is 9.69. The molecule has 1 aliphatic carbocycles. The van der Waals surface area contributed by atoms with Crippen LogP contribution in [0.25, 0.3) is 0 Å². The van der Waals surface area contributed by atoms with E-state index in [-0.39, 0.29) is 24.3 Å². The number of methoxy groups -OCH3 is 1. The summed E-state index contributed by atoms with van der Waals surface area (Å²) < 4.78 is 10.1. The van der Waals surface area contributed by atoms with Crippen molar-refractivity contribution in [3.63, 3.8) is 0 Å². The molecule has 0 bridgehead atoms. The van der Waals surface area contributed by atoms with Crippen molar-refractivity contribution in [1.82, 2.24) is 15.8 Å². The van der Waals surface area contributed by atoms with E-state index < -0.39 is 12.1 Å². The first-order valence-electron chi connectivity index (χ1n) is 12.6. The highest BCUT2D eigenvalue weighted by atomic mass is 16.5. The summed E-state index contributed by atoms with van der Waals surface area (Å²) in [4.78, 5) is 37.1. The molecule has 1 heterocycles. The van der Waals surface area contributed by atoms with Gasteiger partial charge < -0.3 is 30.2 Å². The van der Waals surface area contributed by atoms with Crippen LogP contribution in [-0.4, -0.2) is 74.4 Å². The summed E-state index contributed by atoms with van der Waals surface area (Å²) in [5.41, 5.74) is 8.04. The summed E-state index contributed by atoms with van der Waals surface area (Å²) in [7, 11) is 3.25. The number of fused-ring (bicyclic) bond motifs is 1. The highest BCUT2D eigenvalue weighted by Crippen LogP contribution is 2.40. The number of hydrogen-bond acceptors (Lipinski definition) is 9. The number of hydrogen-bond donors (Lipinski definition) is 4. The number of hydrazone groups is 1. The summed E-state index contributed by atoms with van der Waals surface area (Å²) in [5, 5.41) is 7.14. The van der Waals surface area contributed by atoms with Crippen LogP contribution in [0.5, 0.6) is 0 Å². The van der Waals surface area contributed by atoms with Crippen molar-refractivity contribution in [3.8, 4) is 0 Å². The molecule has 202 valence electrons. The number of piperidine rings is 1. The van der Waals surface area contributed by atoms with Gasteiger partial charge in [0.2, 0.25) is 5.91 Å². The molecule has 6 unspecified atom stereocenters. The van der Waals surface area contributed by atoms with Crippen LogP contribution < -0.4 is 22.4 Å². The highest BCUT2D eigenvalue weighted by Gasteiger charge is 2.38. The fraction of sp³-hybridized carbons (Fsp3) is 0.833. The number of rotatable bonds is 11. The van der Waals surface area contributed by atoms with Gasteiger partial charge in [-0.3, -0.25) is 9.59 Å². The number of carbonyl (C=O) groups is 3. The molecule has 1 aliphatic heterocycles. The first-order valence-corrected chi connectivity index (χ1v) is 12.6. The van der Waals surface area contributed by atoms with Gasteiger partial charge in [-0.2, -0.15) is 5.10 Å². The first kappa shape index (κ1) is 30.8. The molecule has 11 nitrogen and oxygen atoms in total. The molecule has 0 aromatic rings. The number of hydrazine groups is 1. The molecule has 6 N–H and O–H groups in total. The molecule has 0 spiro atoms. The minimum atomic E-state index is -0.543. The number of amides is 1. The van der Waals surface area contributed by atoms with Crippen molar-refractivity contribution in [2.75, 3.05) is 27.3 Å². The zero-order chi connectivity index (χ0) is 26.4. The van der Waals surface area contributed by atoms with Crippen LogP contribution in [0.4, 0.5) is 0 Å². The Morgan fingerprint density at radius 1 is 1.26 bits per heavy atom. The molecule has 1 saturated carbocycles. The van der Waals surface area contributed by atoms with E-state index in [0.717, 1.165) is 45.3 Å². The summed E-state index contributed by atoms with van der Waals surface area (Å²) in [6.45, 7) is 6.95. The number of carbonyl (C=O) groups excluding carboxylic acids is 3.